The summed E-state index contributed by atoms with van der Waals surface area (Å²) < 4.78 is 11.3. The lowest BCUT2D eigenvalue weighted by atomic mass is 9.98. The maximum Gasteiger partial charge on any atom is 0.221 e. The van der Waals surface area contributed by atoms with Crippen LogP contribution in [0.2, 0.25) is 0 Å². The molecule has 0 unspecified atom stereocenters. The van der Waals surface area contributed by atoms with Crippen molar-refractivity contribution in [3.05, 3.63) is 48.2 Å². The van der Waals surface area contributed by atoms with Crippen LogP contribution in [0.5, 0.6) is 11.5 Å². The number of hydrogen-bond acceptors (Lipinski definition) is 4. The molecule has 2 heterocycles. The molecule has 0 saturated heterocycles. The maximum atomic E-state index is 11.3. The molecule has 1 aromatic heterocycles. The minimum atomic E-state index is -0.104. The molecule has 4 rings (SSSR count). The van der Waals surface area contributed by atoms with Crippen LogP contribution in [0.3, 0.4) is 0 Å². The second kappa shape index (κ2) is 6.55. The molecule has 2 aromatic carbocycles. The number of fused-ring (bicyclic) bond motifs is 1. The van der Waals surface area contributed by atoms with E-state index in [1.807, 2.05) is 49.4 Å². The standard InChI is InChI=1S/C20H19N3O3/c1-12-19(14-6-7-17-18(11-14)26-9-8-25-17)20(23-22-12)15-4-3-5-16(10-15)21-13(2)24/h3-7,10-11H,8-9H2,1-2H3,(H,21,24)(H,22,23). The molecule has 6 heteroatoms. The average molecular weight is 349 g/mol. The summed E-state index contributed by atoms with van der Waals surface area (Å²) in [7, 11) is 0. The Bertz CT molecular complexity index is 978. The second-order valence-corrected chi connectivity index (χ2v) is 6.19. The molecule has 0 fully saturated rings. The number of anilines is 1. The zero-order chi connectivity index (χ0) is 18.1. The molecule has 0 bridgehead atoms. The van der Waals surface area contributed by atoms with Crippen LogP contribution in [0.25, 0.3) is 22.4 Å². The molecular formula is C20H19N3O3. The topological polar surface area (TPSA) is 76.2 Å². The molecule has 0 aliphatic carbocycles. The summed E-state index contributed by atoms with van der Waals surface area (Å²) in [4.78, 5) is 11.3. The van der Waals surface area contributed by atoms with Gasteiger partial charge in [0.1, 0.15) is 18.9 Å². The van der Waals surface area contributed by atoms with E-state index in [2.05, 4.69) is 15.5 Å². The molecular weight excluding hydrogens is 330 g/mol. The monoisotopic (exact) mass is 349 g/mol. The van der Waals surface area contributed by atoms with Gasteiger partial charge in [0.15, 0.2) is 11.5 Å². The fourth-order valence-electron chi connectivity index (χ4n) is 3.14. The van der Waals surface area contributed by atoms with E-state index < -0.39 is 0 Å². The van der Waals surface area contributed by atoms with E-state index in [0.29, 0.717) is 13.2 Å². The number of hydrogen-bond donors (Lipinski definition) is 2. The summed E-state index contributed by atoms with van der Waals surface area (Å²) in [5.41, 5.74) is 5.45. The van der Waals surface area contributed by atoms with E-state index in [-0.39, 0.29) is 5.91 Å². The van der Waals surface area contributed by atoms with Crippen molar-refractivity contribution >= 4 is 11.6 Å². The van der Waals surface area contributed by atoms with E-state index in [4.69, 9.17) is 9.47 Å². The molecule has 0 atom stereocenters. The number of aromatic nitrogens is 2. The van der Waals surface area contributed by atoms with Crippen molar-refractivity contribution in [3.8, 4) is 33.9 Å². The van der Waals surface area contributed by atoms with Gasteiger partial charge < -0.3 is 14.8 Å². The lowest BCUT2D eigenvalue weighted by Gasteiger charge is -2.19. The van der Waals surface area contributed by atoms with E-state index in [1.54, 1.807) is 0 Å². The van der Waals surface area contributed by atoms with E-state index in [9.17, 15) is 4.79 Å². The van der Waals surface area contributed by atoms with Crippen LogP contribution in [0.1, 0.15) is 12.6 Å². The number of carbonyl (C=O) groups excluding carboxylic acids is 1. The van der Waals surface area contributed by atoms with Crippen molar-refractivity contribution < 1.29 is 14.3 Å². The van der Waals surface area contributed by atoms with Gasteiger partial charge in [0.05, 0.1) is 0 Å². The number of amides is 1. The Balaban J connectivity index is 1.78. The van der Waals surface area contributed by atoms with Gasteiger partial charge in [0.2, 0.25) is 5.91 Å². The van der Waals surface area contributed by atoms with Crippen molar-refractivity contribution in [2.75, 3.05) is 18.5 Å². The van der Waals surface area contributed by atoms with Crippen molar-refractivity contribution in [1.29, 1.82) is 0 Å². The van der Waals surface area contributed by atoms with E-state index in [1.165, 1.54) is 6.92 Å². The highest BCUT2D eigenvalue weighted by molar-refractivity contribution is 5.90. The van der Waals surface area contributed by atoms with Crippen molar-refractivity contribution in [1.82, 2.24) is 10.2 Å². The Morgan fingerprint density at radius 2 is 1.88 bits per heavy atom. The summed E-state index contributed by atoms with van der Waals surface area (Å²) in [5, 5.41) is 10.4. The van der Waals surface area contributed by atoms with Gasteiger partial charge in [-0.1, -0.05) is 18.2 Å². The minimum absolute atomic E-state index is 0.104. The van der Waals surface area contributed by atoms with Gasteiger partial charge in [-0.15, -0.1) is 0 Å². The van der Waals surface area contributed by atoms with Gasteiger partial charge in [0, 0.05) is 29.4 Å². The Morgan fingerprint density at radius 1 is 1.08 bits per heavy atom. The summed E-state index contributed by atoms with van der Waals surface area (Å²) >= 11 is 0. The number of H-pyrrole nitrogens is 1. The number of ether oxygens (including phenoxy) is 2. The third-order valence-corrected chi connectivity index (χ3v) is 4.23. The molecule has 132 valence electrons. The lowest BCUT2D eigenvalue weighted by Crippen LogP contribution is -2.15. The van der Waals surface area contributed by atoms with Gasteiger partial charge in [-0.3, -0.25) is 9.89 Å². The molecule has 2 N–H and O–H groups in total. The SMILES string of the molecule is CC(=O)Nc1cccc(-c2n[nH]c(C)c2-c2ccc3c(c2)OCCO3)c1. The Labute approximate surface area is 151 Å². The van der Waals surface area contributed by atoms with Crippen LogP contribution in [-0.4, -0.2) is 29.3 Å². The van der Waals surface area contributed by atoms with Crippen LogP contribution in [-0.2, 0) is 4.79 Å². The van der Waals surface area contributed by atoms with Crippen molar-refractivity contribution in [2.24, 2.45) is 0 Å². The first-order valence-corrected chi connectivity index (χ1v) is 8.45. The molecule has 3 aromatic rings. The minimum Gasteiger partial charge on any atom is -0.486 e. The van der Waals surface area contributed by atoms with Gasteiger partial charge in [-0.2, -0.15) is 5.10 Å². The number of rotatable bonds is 3. The van der Waals surface area contributed by atoms with Crippen molar-refractivity contribution in [3.63, 3.8) is 0 Å². The molecule has 1 aliphatic rings. The number of aromatic amines is 1. The zero-order valence-corrected chi connectivity index (χ0v) is 14.6. The van der Waals surface area contributed by atoms with Gasteiger partial charge in [0.25, 0.3) is 0 Å². The van der Waals surface area contributed by atoms with E-state index >= 15 is 0 Å². The first kappa shape index (κ1) is 16.2. The fourth-order valence-corrected chi connectivity index (χ4v) is 3.14. The normalized spacial score (nSPS) is 12.7. The summed E-state index contributed by atoms with van der Waals surface area (Å²) in [5.74, 6) is 1.40. The summed E-state index contributed by atoms with van der Waals surface area (Å²) in [6, 6.07) is 13.6. The number of carbonyl (C=O) groups is 1. The Kier molecular flexibility index (Phi) is 4.08. The molecule has 0 radical (unpaired) electrons. The fraction of sp³-hybridized carbons (Fsp3) is 0.200. The van der Waals surface area contributed by atoms with Crippen LogP contribution in [0, 0.1) is 6.92 Å². The third-order valence-electron chi connectivity index (χ3n) is 4.23. The largest absolute Gasteiger partial charge is 0.486 e. The molecule has 6 nitrogen and oxygen atoms in total. The first-order chi connectivity index (χ1) is 12.6. The van der Waals surface area contributed by atoms with Crippen LogP contribution >= 0.6 is 0 Å². The summed E-state index contributed by atoms with van der Waals surface area (Å²) in [6.45, 7) is 4.59. The van der Waals surface area contributed by atoms with Crippen LogP contribution < -0.4 is 14.8 Å². The quantitative estimate of drug-likeness (QED) is 0.754. The molecule has 1 aliphatic heterocycles. The highest BCUT2D eigenvalue weighted by Crippen LogP contribution is 2.39. The predicted molar refractivity (Wildman–Crippen MR) is 99.5 cm³/mol. The third kappa shape index (κ3) is 3.01. The highest BCUT2D eigenvalue weighted by atomic mass is 16.6. The summed E-state index contributed by atoms with van der Waals surface area (Å²) in [6.07, 6.45) is 0. The predicted octanol–water partition coefficient (Wildman–Crippen LogP) is 3.78. The highest BCUT2D eigenvalue weighted by Gasteiger charge is 2.18. The molecule has 1 amide bonds. The zero-order valence-electron chi connectivity index (χ0n) is 14.6. The number of nitrogens with zero attached hydrogens (tertiary/aromatic N) is 1. The average Bonchev–Trinajstić information content (AvgIpc) is 3.02. The lowest BCUT2D eigenvalue weighted by molar-refractivity contribution is -0.114. The molecule has 0 spiro atoms. The molecule has 26 heavy (non-hydrogen) atoms. The Hall–Kier alpha value is -3.28. The van der Waals surface area contributed by atoms with Crippen LogP contribution in [0.4, 0.5) is 5.69 Å². The smallest absolute Gasteiger partial charge is 0.221 e. The van der Waals surface area contributed by atoms with Gasteiger partial charge in [-0.05, 0) is 36.8 Å². The van der Waals surface area contributed by atoms with E-state index in [0.717, 1.165) is 45.3 Å². The number of benzene rings is 2. The maximum absolute atomic E-state index is 11.3. The first-order valence-electron chi connectivity index (χ1n) is 8.45. The van der Waals surface area contributed by atoms with Crippen LogP contribution in [0.15, 0.2) is 42.5 Å². The van der Waals surface area contributed by atoms with Gasteiger partial charge >= 0.3 is 0 Å². The van der Waals surface area contributed by atoms with Crippen molar-refractivity contribution in [2.45, 2.75) is 13.8 Å². The van der Waals surface area contributed by atoms with Gasteiger partial charge in [-0.25, -0.2) is 0 Å². The number of nitrogens with one attached hydrogen (secondary N) is 2. The number of aryl methyl sites for hydroxylation is 1. The second-order valence-electron chi connectivity index (χ2n) is 6.19. The molecule has 0 saturated carbocycles. The Morgan fingerprint density at radius 3 is 2.69 bits per heavy atom.